The normalized spacial score (nSPS) is 10.4. The number of rotatable bonds is 5. The van der Waals surface area contributed by atoms with Crippen molar-refractivity contribution < 1.29 is 19.4 Å². The molecule has 4 heteroatoms. The molecule has 0 aliphatic carbocycles. The fraction of sp³-hybridized carbons (Fsp3) is 0.250. The largest absolute Gasteiger partial charge is 0.496 e. The number of benzene rings is 1. The Morgan fingerprint density at radius 1 is 1.25 bits per heavy atom. The molecule has 1 rings (SSSR count). The molecule has 1 aromatic carbocycles. The van der Waals surface area contributed by atoms with E-state index in [1.165, 1.54) is 14.2 Å². The van der Waals surface area contributed by atoms with Gasteiger partial charge >= 0.3 is 0 Å². The Balaban J connectivity index is 3.30. The van der Waals surface area contributed by atoms with Gasteiger partial charge in [0.25, 0.3) is 0 Å². The van der Waals surface area contributed by atoms with Crippen LogP contribution in [-0.4, -0.2) is 32.2 Å². The Kier molecular flexibility index (Phi) is 4.54. The highest BCUT2D eigenvalue weighted by molar-refractivity contribution is 5.79. The average Bonchev–Trinajstić information content (AvgIpc) is 2.35. The van der Waals surface area contributed by atoms with Crippen molar-refractivity contribution in [1.29, 1.82) is 0 Å². The number of ether oxygens (including phenoxy) is 2. The molecule has 0 aromatic heterocycles. The SMILES string of the molecule is COc1cc(C=O)cc(OC)c1C=CCO. The minimum absolute atomic E-state index is 0.0677. The number of hydrogen-bond acceptors (Lipinski definition) is 4. The maximum atomic E-state index is 10.7. The Morgan fingerprint density at radius 3 is 2.19 bits per heavy atom. The second kappa shape index (κ2) is 5.92. The molecule has 0 fully saturated rings. The number of carbonyl (C=O) groups excluding carboxylic acids is 1. The molecule has 1 N–H and O–H groups in total. The lowest BCUT2D eigenvalue weighted by molar-refractivity contribution is 0.112. The Morgan fingerprint density at radius 2 is 1.81 bits per heavy atom. The standard InChI is InChI=1S/C12H14O4/c1-15-11-6-9(8-14)7-12(16-2)10(11)4-3-5-13/h3-4,6-8,13H,5H2,1-2H3. The number of aliphatic hydroxyl groups excluding tert-OH is 1. The molecule has 0 heterocycles. The van der Waals surface area contributed by atoms with Gasteiger partial charge in [0.15, 0.2) is 0 Å². The first-order valence-electron chi connectivity index (χ1n) is 4.75. The zero-order valence-electron chi connectivity index (χ0n) is 9.27. The van der Waals surface area contributed by atoms with Gasteiger partial charge in [-0.1, -0.05) is 6.08 Å². The lowest BCUT2D eigenvalue weighted by atomic mass is 10.1. The fourth-order valence-corrected chi connectivity index (χ4v) is 1.36. The van der Waals surface area contributed by atoms with Crippen molar-refractivity contribution in [3.8, 4) is 11.5 Å². The summed E-state index contributed by atoms with van der Waals surface area (Å²) < 4.78 is 10.3. The highest BCUT2D eigenvalue weighted by Crippen LogP contribution is 2.31. The lowest BCUT2D eigenvalue weighted by Crippen LogP contribution is -1.95. The zero-order chi connectivity index (χ0) is 12.0. The molecule has 0 bridgehead atoms. The highest BCUT2D eigenvalue weighted by Gasteiger charge is 2.09. The second-order valence-corrected chi connectivity index (χ2v) is 3.04. The number of hydrogen-bond donors (Lipinski definition) is 1. The summed E-state index contributed by atoms with van der Waals surface area (Å²) in [6, 6.07) is 3.24. The summed E-state index contributed by atoms with van der Waals surface area (Å²) in [6.45, 7) is -0.0677. The van der Waals surface area contributed by atoms with Crippen LogP contribution < -0.4 is 9.47 Å². The summed E-state index contributed by atoms with van der Waals surface area (Å²) in [5.41, 5.74) is 1.18. The van der Waals surface area contributed by atoms with E-state index in [2.05, 4.69) is 0 Å². The van der Waals surface area contributed by atoms with Crippen molar-refractivity contribution in [2.24, 2.45) is 0 Å². The molecular weight excluding hydrogens is 208 g/mol. The smallest absolute Gasteiger partial charge is 0.150 e. The summed E-state index contributed by atoms with van der Waals surface area (Å²) in [7, 11) is 3.03. The Bertz CT molecular complexity index is 371. The van der Waals surface area contributed by atoms with Crippen LogP contribution in [0.4, 0.5) is 0 Å². The minimum atomic E-state index is -0.0677. The molecule has 0 aliphatic rings. The van der Waals surface area contributed by atoms with Gasteiger partial charge < -0.3 is 14.6 Å². The molecule has 1 aromatic rings. The molecule has 16 heavy (non-hydrogen) atoms. The molecule has 0 saturated heterocycles. The fourth-order valence-electron chi connectivity index (χ4n) is 1.36. The van der Waals surface area contributed by atoms with Crippen molar-refractivity contribution >= 4 is 12.4 Å². The van der Waals surface area contributed by atoms with Crippen molar-refractivity contribution in [2.75, 3.05) is 20.8 Å². The zero-order valence-corrected chi connectivity index (χ0v) is 9.27. The lowest BCUT2D eigenvalue weighted by Gasteiger charge is -2.10. The number of aldehydes is 1. The van der Waals surface area contributed by atoms with E-state index in [9.17, 15) is 4.79 Å². The van der Waals surface area contributed by atoms with E-state index in [0.717, 1.165) is 6.29 Å². The van der Waals surface area contributed by atoms with Gasteiger partial charge in [-0.25, -0.2) is 0 Å². The van der Waals surface area contributed by atoms with Crippen LogP contribution in [0, 0.1) is 0 Å². The summed E-state index contributed by atoms with van der Waals surface area (Å²) >= 11 is 0. The van der Waals surface area contributed by atoms with Crippen molar-refractivity contribution in [3.63, 3.8) is 0 Å². The molecule has 0 radical (unpaired) electrons. The van der Waals surface area contributed by atoms with Crippen molar-refractivity contribution in [2.45, 2.75) is 0 Å². The highest BCUT2D eigenvalue weighted by atomic mass is 16.5. The number of carbonyl (C=O) groups is 1. The Labute approximate surface area is 94.1 Å². The molecular formula is C12H14O4. The molecule has 86 valence electrons. The van der Waals surface area contributed by atoms with Crippen LogP contribution in [0.15, 0.2) is 18.2 Å². The quantitative estimate of drug-likeness (QED) is 0.767. The van der Waals surface area contributed by atoms with E-state index < -0.39 is 0 Å². The van der Waals surface area contributed by atoms with E-state index >= 15 is 0 Å². The van der Waals surface area contributed by atoms with Crippen LogP contribution in [0.3, 0.4) is 0 Å². The third-order valence-corrected chi connectivity index (χ3v) is 2.09. The van der Waals surface area contributed by atoms with E-state index in [1.54, 1.807) is 24.3 Å². The third-order valence-electron chi connectivity index (χ3n) is 2.09. The first-order valence-corrected chi connectivity index (χ1v) is 4.75. The summed E-state index contributed by atoms with van der Waals surface area (Å²) in [5, 5.41) is 8.73. The molecule has 0 amide bonds. The van der Waals surface area contributed by atoms with E-state index in [0.29, 0.717) is 22.6 Å². The van der Waals surface area contributed by atoms with Gasteiger partial charge in [0, 0.05) is 5.56 Å². The van der Waals surface area contributed by atoms with Gasteiger partial charge in [0.05, 0.1) is 26.4 Å². The van der Waals surface area contributed by atoms with Gasteiger partial charge in [-0.2, -0.15) is 0 Å². The summed E-state index contributed by atoms with van der Waals surface area (Å²) in [5.74, 6) is 1.07. The first-order chi connectivity index (χ1) is 7.76. The van der Waals surface area contributed by atoms with Crippen LogP contribution in [0.2, 0.25) is 0 Å². The summed E-state index contributed by atoms with van der Waals surface area (Å²) in [4.78, 5) is 10.7. The molecule has 0 atom stereocenters. The van der Waals surface area contributed by atoms with E-state index in [-0.39, 0.29) is 6.61 Å². The Hall–Kier alpha value is -1.81. The van der Waals surface area contributed by atoms with Gasteiger partial charge in [-0.05, 0) is 18.2 Å². The van der Waals surface area contributed by atoms with Crippen molar-refractivity contribution in [1.82, 2.24) is 0 Å². The van der Waals surface area contributed by atoms with Gasteiger partial charge in [-0.15, -0.1) is 0 Å². The third kappa shape index (κ3) is 2.61. The molecule has 0 unspecified atom stereocenters. The first kappa shape index (κ1) is 12.3. The number of methoxy groups -OCH3 is 2. The van der Waals surface area contributed by atoms with Crippen molar-refractivity contribution in [3.05, 3.63) is 29.3 Å². The summed E-state index contributed by atoms with van der Waals surface area (Å²) in [6.07, 6.45) is 3.98. The molecule has 0 spiro atoms. The van der Waals surface area contributed by atoms with Gasteiger partial charge in [0.1, 0.15) is 17.8 Å². The maximum absolute atomic E-state index is 10.7. The van der Waals surface area contributed by atoms with E-state index in [4.69, 9.17) is 14.6 Å². The topological polar surface area (TPSA) is 55.8 Å². The number of aliphatic hydroxyl groups is 1. The predicted molar refractivity (Wildman–Crippen MR) is 61.1 cm³/mol. The maximum Gasteiger partial charge on any atom is 0.150 e. The van der Waals surface area contributed by atoms with Gasteiger partial charge in [0.2, 0.25) is 0 Å². The van der Waals surface area contributed by atoms with Crippen LogP contribution in [-0.2, 0) is 0 Å². The molecule has 0 aliphatic heterocycles. The van der Waals surface area contributed by atoms with E-state index in [1.807, 2.05) is 0 Å². The van der Waals surface area contributed by atoms with Crippen LogP contribution in [0.25, 0.3) is 6.08 Å². The van der Waals surface area contributed by atoms with Crippen LogP contribution in [0.5, 0.6) is 11.5 Å². The minimum Gasteiger partial charge on any atom is -0.496 e. The van der Waals surface area contributed by atoms with Crippen LogP contribution in [0.1, 0.15) is 15.9 Å². The van der Waals surface area contributed by atoms with Crippen LogP contribution >= 0.6 is 0 Å². The predicted octanol–water partition coefficient (Wildman–Crippen LogP) is 1.52. The van der Waals surface area contributed by atoms with Gasteiger partial charge in [-0.3, -0.25) is 4.79 Å². The average molecular weight is 222 g/mol. The molecule has 4 nitrogen and oxygen atoms in total. The molecule has 0 saturated carbocycles. The second-order valence-electron chi connectivity index (χ2n) is 3.04. The monoisotopic (exact) mass is 222 g/mol.